The molecule has 0 bridgehead atoms. The van der Waals surface area contributed by atoms with Crippen LogP contribution in [0.15, 0.2) is 22.8 Å². The summed E-state index contributed by atoms with van der Waals surface area (Å²) < 4.78 is 5.28. The van der Waals surface area contributed by atoms with Crippen molar-refractivity contribution >= 4 is 17.5 Å². The summed E-state index contributed by atoms with van der Waals surface area (Å²) in [4.78, 5) is 11.3. The average molecular weight is 224 g/mol. The number of ketones is 1. The number of furan rings is 1. The molecule has 2 atom stereocenters. The molecule has 3 heteroatoms. The van der Waals surface area contributed by atoms with Crippen LogP contribution in [0.3, 0.4) is 0 Å². The van der Waals surface area contributed by atoms with Crippen LogP contribution in [-0.2, 0) is 10.5 Å². The molecule has 2 nitrogen and oxygen atoms in total. The lowest BCUT2D eigenvalue weighted by atomic mass is 9.89. The molecule has 2 rings (SSSR count). The van der Waals surface area contributed by atoms with Gasteiger partial charge in [0.15, 0.2) is 0 Å². The topological polar surface area (TPSA) is 30.2 Å². The third-order valence-corrected chi connectivity index (χ3v) is 4.47. The van der Waals surface area contributed by atoms with Crippen molar-refractivity contribution in [3.05, 3.63) is 24.2 Å². The van der Waals surface area contributed by atoms with E-state index in [0.29, 0.717) is 17.0 Å². The van der Waals surface area contributed by atoms with E-state index in [1.807, 2.05) is 23.9 Å². The molecule has 15 heavy (non-hydrogen) atoms. The van der Waals surface area contributed by atoms with Crippen molar-refractivity contribution in [3.63, 3.8) is 0 Å². The van der Waals surface area contributed by atoms with Crippen LogP contribution in [0, 0.1) is 5.92 Å². The Morgan fingerprint density at radius 2 is 2.47 bits per heavy atom. The van der Waals surface area contributed by atoms with Crippen LogP contribution >= 0.6 is 11.8 Å². The summed E-state index contributed by atoms with van der Waals surface area (Å²) >= 11 is 1.85. The van der Waals surface area contributed by atoms with Crippen LogP contribution in [0.1, 0.15) is 31.9 Å². The van der Waals surface area contributed by atoms with E-state index < -0.39 is 0 Å². The minimum Gasteiger partial charge on any atom is -0.468 e. The summed E-state index contributed by atoms with van der Waals surface area (Å²) in [7, 11) is 0. The molecule has 0 aromatic carbocycles. The van der Waals surface area contributed by atoms with Crippen molar-refractivity contribution < 1.29 is 9.21 Å². The minimum atomic E-state index is 0.421. The lowest BCUT2D eigenvalue weighted by Crippen LogP contribution is -2.25. The van der Waals surface area contributed by atoms with Gasteiger partial charge in [-0.3, -0.25) is 4.79 Å². The van der Waals surface area contributed by atoms with E-state index in [2.05, 4.69) is 6.92 Å². The highest BCUT2D eigenvalue weighted by Gasteiger charge is 2.26. The van der Waals surface area contributed by atoms with Crippen molar-refractivity contribution in [1.82, 2.24) is 0 Å². The molecule has 0 saturated heterocycles. The molecule has 1 heterocycles. The molecular weight excluding hydrogens is 208 g/mol. The lowest BCUT2D eigenvalue weighted by Gasteiger charge is -2.26. The molecule has 1 aromatic heterocycles. The first kappa shape index (κ1) is 10.8. The Kier molecular flexibility index (Phi) is 3.52. The molecule has 1 fully saturated rings. The molecule has 1 aliphatic carbocycles. The standard InChI is InChI=1S/C12H16O2S/c1-9-4-5-10(13)7-12(9)15-8-11-3-2-6-14-11/h2-3,6,9,12H,4-5,7-8H2,1H3. The van der Waals surface area contributed by atoms with Crippen LogP contribution in [0.5, 0.6) is 0 Å². The van der Waals surface area contributed by atoms with Crippen LogP contribution in [0.2, 0.25) is 0 Å². The lowest BCUT2D eigenvalue weighted by molar-refractivity contribution is -0.120. The molecule has 1 aliphatic rings. The van der Waals surface area contributed by atoms with Gasteiger partial charge in [0.25, 0.3) is 0 Å². The van der Waals surface area contributed by atoms with E-state index >= 15 is 0 Å². The number of thioether (sulfide) groups is 1. The van der Waals surface area contributed by atoms with Gasteiger partial charge in [0.2, 0.25) is 0 Å². The van der Waals surface area contributed by atoms with Crippen LogP contribution < -0.4 is 0 Å². The minimum absolute atomic E-state index is 0.421. The van der Waals surface area contributed by atoms with E-state index in [0.717, 1.165) is 30.8 Å². The molecule has 1 aromatic rings. The first-order chi connectivity index (χ1) is 7.25. The van der Waals surface area contributed by atoms with E-state index in [1.165, 1.54) is 0 Å². The highest BCUT2D eigenvalue weighted by molar-refractivity contribution is 7.99. The van der Waals surface area contributed by atoms with Crippen LogP contribution in [-0.4, -0.2) is 11.0 Å². The Bertz CT molecular complexity index is 318. The first-order valence-corrected chi connectivity index (χ1v) is 6.46. The smallest absolute Gasteiger partial charge is 0.134 e. The SMILES string of the molecule is CC1CCC(=O)CC1SCc1ccco1. The predicted molar refractivity (Wildman–Crippen MR) is 61.8 cm³/mol. The van der Waals surface area contributed by atoms with Crippen molar-refractivity contribution in [1.29, 1.82) is 0 Å². The summed E-state index contributed by atoms with van der Waals surface area (Å²) in [6, 6.07) is 3.90. The zero-order valence-electron chi connectivity index (χ0n) is 8.94. The predicted octanol–water partition coefficient (Wildman–Crippen LogP) is 3.27. The fourth-order valence-corrected chi connectivity index (χ4v) is 3.22. The number of Topliss-reactive ketones (excluding diaryl/α,β-unsaturated/α-hetero) is 1. The molecule has 0 N–H and O–H groups in total. The number of carbonyl (C=O) groups is 1. The molecule has 1 saturated carbocycles. The van der Waals surface area contributed by atoms with Gasteiger partial charge in [-0.25, -0.2) is 0 Å². The van der Waals surface area contributed by atoms with E-state index in [1.54, 1.807) is 6.26 Å². The summed E-state index contributed by atoms with van der Waals surface area (Å²) in [5.41, 5.74) is 0. The normalized spacial score (nSPS) is 26.9. The van der Waals surface area contributed by atoms with Gasteiger partial charge in [-0.05, 0) is 24.5 Å². The second kappa shape index (κ2) is 4.88. The van der Waals surface area contributed by atoms with Crippen molar-refractivity contribution in [2.24, 2.45) is 5.92 Å². The Morgan fingerprint density at radius 1 is 1.60 bits per heavy atom. The molecular formula is C12H16O2S. The van der Waals surface area contributed by atoms with Crippen molar-refractivity contribution in [2.45, 2.75) is 37.2 Å². The van der Waals surface area contributed by atoms with Crippen molar-refractivity contribution in [2.75, 3.05) is 0 Å². The second-order valence-electron chi connectivity index (χ2n) is 4.19. The Labute approximate surface area is 94.4 Å². The molecule has 0 amide bonds. The van der Waals surface area contributed by atoms with Crippen LogP contribution in [0.4, 0.5) is 0 Å². The maximum Gasteiger partial charge on any atom is 0.134 e. The average Bonchev–Trinajstić information content (AvgIpc) is 2.72. The fourth-order valence-electron chi connectivity index (χ4n) is 1.91. The monoisotopic (exact) mass is 224 g/mol. The van der Waals surface area contributed by atoms with Gasteiger partial charge in [-0.1, -0.05) is 6.92 Å². The summed E-state index contributed by atoms with van der Waals surface area (Å²) in [6.07, 6.45) is 4.27. The van der Waals surface area contributed by atoms with Crippen LogP contribution in [0.25, 0.3) is 0 Å². The van der Waals surface area contributed by atoms with Gasteiger partial charge in [0.05, 0.1) is 12.0 Å². The number of hydrogen-bond donors (Lipinski definition) is 0. The quantitative estimate of drug-likeness (QED) is 0.789. The summed E-state index contributed by atoms with van der Waals surface area (Å²) in [6.45, 7) is 2.24. The van der Waals surface area contributed by atoms with Crippen molar-refractivity contribution in [3.8, 4) is 0 Å². The number of rotatable bonds is 3. The van der Waals surface area contributed by atoms with Gasteiger partial charge < -0.3 is 4.42 Å². The first-order valence-electron chi connectivity index (χ1n) is 5.41. The van der Waals surface area contributed by atoms with Gasteiger partial charge in [0, 0.05) is 18.1 Å². The second-order valence-corrected chi connectivity index (χ2v) is 5.42. The molecule has 0 radical (unpaired) electrons. The van der Waals surface area contributed by atoms with Gasteiger partial charge in [-0.15, -0.1) is 11.8 Å². The molecule has 0 spiro atoms. The summed E-state index contributed by atoms with van der Waals surface area (Å²) in [5, 5.41) is 0.483. The highest BCUT2D eigenvalue weighted by Crippen LogP contribution is 2.33. The summed E-state index contributed by atoms with van der Waals surface area (Å²) in [5.74, 6) is 2.97. The third kappa shape index (κ3) is 2.88. The number of carbonyl (C=O) groups excluding carboxylic acids is 1. The number of hydrogen-bond acceptors (Lipinski definition) is 3. The maximum atomic E-state index is 11.3. The third-order valence-electron chi connectivity index (χ3n) is 2.96. The molecule has 0 aliphatic heterocycles. The van der Waals surface area contributed by atoms with Gasteiger partial charge >= 0.3 is 0 Å². The molecule has 2 unspecified atom stereocenters. The zero-order chi connectivity index (χ0) is 10.7. The largest absolute Gasteiger partial charge is 0.468 e. The van der Waals surface area contributed by atoms with Gasteiger partial charge in [-0.2, -0.15) is 0 Å². The van der Waals surface area contributed by atoms with Gasteiger partial charge in [0.1, 0.15) is 11.5 Å². The van der Waals surface area contributed by atoms with E-state index in [9.17, 15) is 4.79 Å². The molecule has 82 valence electrons. The van der Waals surface area contributed by atoms with E-state index in [4.69, 9.17) is 4.42 Å². The maximum absolute atomic E-state index is 11.3. The Hall–Kier alpha value is -0.700. The fraction of sp³-hybridized carbons (Fsp3) is 0.583. The highest BCUT2D eigenvalue weighted by atomic mass is 32.2. The van der Waals surface area contributed by atoms with E-state index in [-0.39, 0.29) is 0 Å². The zero-order valence-corrected chi connectivity index (χ0v) is 9.76. The Morgan fingerprint density at radius 3 is 3.20 bits per heavy atom. The Balaban J connectivity index is 1.85.